The van der Waals surface area contributed by atoms with Crippen molar-refractivity contribution in [3.63, 3.8) is 0 Å². The van der Waals surface area contributed by atoms with E-state index in [1.54, 1.807) is 23.0 Å². The molecule has 0 radical (unpaired) electrons. The van der Waals surface area contributed by atoms with E-state index in [-0.39, 0.29) is 17.6 Å². The summed E-state index contributed by atoms with van der Waals surface area (Å²) in [5, 5.41) is 7.26. The number of carbonyl (C=O) groups is 1. The Kier molecular flexibility index (Phi) is 5.79. The van der Waals surface area contributed by atoms with Crippen molar-refractivity contribution in [2.24, 2.45) is 0 Å². The van der Waals surface area contributed by atoms with Gasteiger partial charge in [-0.3, -0.25) is 4.79 Å². The van der Waals surface area contributed by atoms with E-state index in [2.05, 4.69) is 20.3 Å². The fourth-order valence-corrected chi connectivity index (χ4v) is 3.86. The van der Waals surface area contributed by atoms with Crippen LogP contribution in [0.1, 0.15) is 55.1 Å². The van der Waals surface area contributed by atoms with E-state index in [4.69, 9.17) is 0 Å². The van der Waals surface area contributed by atoms with Crippen molar-refractivity contribution >= 4 is 17.4 Å². The number of nitrogens with one attached hydrogen (secondary N) is 1. The summed E-state index contributed by atoms with van der Waals surface area (Å²) in [5.74, 6) is -0.0166. The quantitative estimate of drug-likeness (QED) is 0.662. The smallest absolute Gasteiger partial charge is 0.260 e. The Morgan fingerprint density at radius 1 is 1.00 bits per heavy atom. The summed E-state index contributed by atoms with van der Waals surface area (Å²) in [5.41, 5.74) is 3.04. The third kappa shape index (κ3) is 4.20. The van der Waals surface area contributed by atoms with Crippen LogP contribution in [0.3, 0.4) is 0 Å². The number of halogens is 1. The Morgan fingerprint density at radius 2 is 1.70 bits per heavy atom. The Labute approximate surface area is 175 Å². The molecular formula is C23H26FN5O. The van der Waals surface area contributed by atoms with Gasteiger partial charge in [0.2, 0.25) is 0 Å². The average molecular weight is 407 g/mol. The molecule has 3 aromatic rings. The summed E-state index contributed by atoms with van der Waals surface area (Å²) in [6, 6.07) is 9.90. The van der Waals surface area contributed by atoms with Crippen molar-refractivity contribution < 1.29 is 9.18 Å². The highest BCUT2D eigenvalue weighted by Crippen LogP contribution is 2.25. The standard InChI is InChI=1S/C23H26FN5O/c1-16(2)22-20(15-26-29(22)18-8-6-17(24)7-9-18)23(30)27-21-11-10-19(14-25-21)28-12-4-3-5-13-28/h6-11,14-16H,3-5,12-13H2,1-2H3,(H,25,27,30). The zero-order valence-electron chi connectivity index (χ0n) is 17.3. The summed E-state index contributed by atoms with van der Waals surface area (Å²) in [6.45, 7) is 6.10. The third-order valence-corrected chi connectivity index (χ3v) is 5.38. The molecular weight excluding hydrogens is 381 g/mol. The number of piperidine rings is 1. The van der Waals surface area contributed by atoms with Gasteiger partial charge in [0.05, 0.1) is 35.0 Å². The summed E-state index contributed by atoms with van der Waals surface area (Å²) in [7, 11) is 0. The fraction of sp³-hybridized carbons (Fsp3) is 0.348. The molecule has 2 aromatic heterocycles. The molecule has 0 unspecified atom stereocenters. The highest BCUT2D eigenvalue weighted by molar-refractivity contribution is 6.04. The van der Waals surface area contributed by atoms with Crippen LogP contribution in [-0.2, 0) is 0 Å². The number of hydrogen-bond acceptors (Lipinski definition) is 4. The minimum atomic E-state index is -0.311. The van der Waals surface area contributed by atoms with E-state index in [0.29, 0.717) is 17.1 Å². The summed E-state index contributed by atoms with van der Waals surface area (Å²) < 4.78 is 15.0. The first-order valence-corrected chi connectivity index (χ1v) is 10.4. The van der Waals surface area contributed by atoms with Crippen LogP contribution in [0.4, 0.5) is 15.9 Å². The minimum absolute atomic E-state index is 0.0488. The largest absolute Gasteiger partial charge is 0.370 e. The van der Waals surface area contributed by atoms with Crippen molar-refractivity contribution in [3.8, 4) is 5.69 Å². The second kappa shape index (κ2) is 8.65. The highest BCUT2D eigenvalue weighted by Gasteiger charge is 2.21. The predicted octanol–water partition coefficient (Wildman–Crippen LogP) is 4.77. The Morgan fingerprint density at radius 3 is 2.33 bits per heavy atom. The molecule has 1 aliphatic heterocycles. The average Bonchev–Trinajstić information content (AvgIpc) is 3.21. The van der Waals surface area contributed by atoms with Gasteiger partial charge in [0, 0.05) is 13.1 Å². The van der Waals surface area contributed by atoms with Gasteiger partial charge in [-0.1, -0.05) is 13.8 Å². The molecule has 0 atom stereocenters. The maximum Gasteiger partial charge on any atom is 0.260 e. The van der Waals surface area contributed by atoms with Gasteiger partial charge in [-0.15, -0.1) is 0 Å². The zero-order valence-corrected chi connectivity index (χ0v) is 17.3. The van der Waals surface area contributed by atoms with Crippen molar-refractivity contribution in [3.05, 3.63) is 65.9 Å². The van der Waals surface area contributed by atoms with E-state index in [9.17, 15) is 9.18 Å². The first kappa shape index (κ1) is 20.1. The van der Waals surface area contributed by atoms with E-state index >= 15 is 0 Å². The molecule has 3 heterocycles. The molecule has 1 N–H and O–H groups in total. The van der Waals surface area contributed by atoms with E-state index in [1.165, 1.54) is 31.4 Å². The van der Waals surface area contributed by atoms with Crippen LogP contribution >= 0.6 is 0 Å². The molecule has 1 aromatic carbocycles. The number of rotatable bonds is 5. The molecule has 0 aliphatic carbocycles. The molecule has 1 fully saturated rings. The van der Waals surface area contributed by atoms with Crippen LogP contribution in [0, 0.1) is 5.82 Å². The van der Waals surface area contributed by atoms with Gasteiger partial charge in [0.25, 0.3) is 5.91 Å². The first-order chi connectivity index (χ1) is 14.5. The molecule has 30 heavy (non-hydrogen) atoms. The Hall–Kier alpha value is -3.22. The van der Waals surface area contributed by atoms with Crippen LogP contribution in [-0.4, -0.2) is 33.8 Å². The number of benzene rings is 1. The SMILES string of the molecule is CC(C)c1c(C(=O)Nc2ccc(N3CCCCC3)cn2)cnn1-c1ccc(F)cc1. The molecule has 0 spiro atoms. The number of carbonyl (C=O) groups excluding carboxylic acids is 1. The van der Waals surface area contributed by atoms with Gasteiger partial charge >= 0.3 is 0 Å². The summed E-state index contributed by atoms with van der Waals surface area (Å²) in [6.07, 6.45) is 7.05. The molecule has 4 rings (SSSR count). The Bertz CT molecular complexity index is 1010. The topological polar surface area (TPSA) is 63.1 Å². The van der Waals surface area contributed by atoms with Crippen LogP contribution < -0.4 is 10.2 Å². The fourth-order valence-electron chi connectivity index (χ4n) is 3.86. The lowest BCUT2D eigenvalue weighted by Gasteiger charge is -2.28. The van der Waals surface area contributed by atoms with Gasteiger partial charge in [-0.2, -0.15) is 5.10 Å². The monoisotopic (exact) mass is 407 g/mol. The van der Waals surface area contributed by atoms with Crippen LogP contribution in [0.2, 0.25) is 0 Å². The number of pyridine rings is 1. The van der Waals surface area contributed by atoms with Crippen molar-refractivity contribution in [2.75, 3.05) is 23.3 Å². The molecule has 6 nitrogen and oxygen atoms in total. The normalized spacial score (nSPS) is 14.2. The highest BCUT2D eigenvalue weighted by atomic mass is 19.1. The first-order valence-electron chi connectivity index (χ1n) is 10.4. The number of nitrogens with zero attached hydrogens (tertiary/aromatic N) is 4. The molecule has 1 aliphatic rings. The lowest BCUT2D eigenvalue weighted by Crippen LogP contribution is -2.29. The lowest BCUT2D eigenvalue weighted by molar-refractivity contribution is 0.102. The second-order valence-electron chi connectivity index (χ2n) is 7.89. The van der Waals surface area contributed by atoms with Gasteiger partial charge in [-0.05, 0) is 61.6 Å². The van der Waals surface area contributed by atoms with E-state index in [0.717, 1.165) is 24.5 Å². The van der Waals surface area contributed by atoms with Crippen LogP contribution in [0.5, 0.6) is 0 Å². The zero-order chi connectivity index (χ0) is 21.1. The number of anilines is 2. The number of amides is 1. The van der Waals surface area contributed by atoms with Crippen molar-refractivity contribution in [1.29, 1.82) is 0 Å². The van der Waals surface area contributed by atoms with Gasteiger partial charge < -0.3 is 10.2 Å². The van der Waals surface area contributed by atoms with Crippen molar-refractivity contribution in [2.45, 2.75) is 39.0 Å². The lowest BCUT2D eigenvalue weighted by atomic mass is 10.0. The maximum absolute atomic E-state index is 13.3. The predicted molar refractivity (Wildman–Crippen MR) is 116 cm³/mol. The molecule has 156 valence electrons. The molecule has 0 bridgehead atoms. The van der Waals surface area contributed by atoms with E-state index < -0.39 is 0 Å². The van der Waals surface area contributed by atoms with Crippen LogP contribution in [0.25, 0.3) is 5.69 Å². The minimum Gasteiger partial charge on any atom is -0.370 e. The Balaban J connectivity index is 1.54. The number of hydrogen-bond donors (Lipinski definition) is 1. The summed E-state index contributed by atoms with van der Waals surface area (Å²) in [4.78, 5) is 19.7. The van der Waals surface area contributed by atoms with Gasteiger partial charge in [0.15, 0.2) is 0 Å². The molecule has 0 saturated carbocycles. The maximum atomic E-state index is 13.3. The number of aromatic nitrogens is 3. The van der Waals surface area contributed by atoms with Crippen LogP contribution in [0.15, 0.2) is 48.8 Å². The molecule has 7 heteroatoms. The van der Waals surface area contributed by atoms with Gasteiger partial charge in [0.1, 0.15) is 11.6 Å². The molecule has 1 amide bonds. The second-order valence-corrected chi connectivity index (χ2v) is 7.89. The van der Waals surface area contributed by atoms with Crippen molar-refractivity contribution in [1.82, 2.24) is 14.8 Å². The summed E-state index contributed by atoms with van der Waals surface area (Å²) >= 11 is 0. The van der Waals surface area contributed by atoms with Gasteiger partial charge in [-0.25, -0.2) is 14.1 Å². The molecule has 1 saturated heterocycles. The third-order valence-electron chi connectivity index (χ3n) is 5.38. The van der Waals surface area contributed by atoms with E-state index in [1.807, 2.05) is 32.2 Å².